The Labute approximate surface area is 360 Å². The van der Waals surface area contributed by atoms with Crippen molar-refractivity contribution in [2.75, 3.05) is 6.61 Å². The lowest BCUT2D eigenvalue weighted by molar-refractivity contribution is -0.345. The molecule has 0 radical (unpaired) electrons. The fraction of sp³-hybridized carbons (Fsp3) is 0.578. The van der Waals surface area contributed by atoms with Gasteiger partial charge in [0.25, 0.3) is 0 Å². The van der Waals surface area contributed by atoms with Crippen LogP contribution in [0.4, 0.5) is 4.79 Å². The number of aliphatic hydroxyl groups is 2. The van der Waals surface area contributed by atoms with Gasteiger partial charge in [-0.15, -0.1) is 0 Å². The first kappa shape index (κ1) is 44.7. The number of carbonyl (C=O) groups is 4. The minimum Gasteiger partial charge on any atom is -0.456 e. The third kappa shape index (κ3) is 7.75. The topological polar surface area (TPSA) is 198 Å². The van der Waals surface area contributed by atoms with Gasteiger partial charge >= 0.3 is 24.0 Å². The van der Waals surface area contributed by atoms with Gasteiger partial charge in [0.15, 0.2) is 18.0 Å². The lowest BCUT2D eigenvalue weighted by Gasteiger charge is -2.68. The van der Waals surface area contributed by atoms with E-state index in [-0.39, 0.29) is 29.3 Å². The van der Waals surface area contributed by atoms with E-state index in [0.29, 0.717) is 24.0 Å². The SMILES string of the molecule is C=C[C@@H]1O[C@@H]2C3=C(C)[C@@H](OC(=O)[C@H](O)[C@@H](NC(=O)OC(C)(C)C)c4ccc(Cl)cn4)C[C@@](O)([C@@H](OC(=O)c4ccccc4)[C@H]4[C@@](C)(CC[C@H]5OC[C@]54OC(C)=O)[C@@H]2O1)C3(C)C. The standard InChI is InChI=1S/C45H55ClN2O13/c1-10-30-57-34-31-23(2)28(56-39(52)33(50)32(27-17-16-26(46)21-47-27)48-40(53)61-41(4,5)6)20-45(54,42(31,7)8)37(59-38(51)25-14-12-11-13-15-25)35-43(9,36(34)58-30)19-18-29-44(35,22-55-29)60-24(3)49/h10-17,21,28-30,32-37,50,54H,1,18-20,22H2,2-9H3,(H,48,53)/t28-,29+,30+,32-,33+,34+,35-,36+,37-,43+,44-,45+/m0/s1. The van der Waals surface area contributed by atoms with Gasteiger partial charge in [0.05, 0.1) is 34.9 Å². The summed E-state index contributed by atoms with van der Waals surface area (Å²) in [5.74, 6) is -3.47. The predicted octanol–water partition coefficient (Wildman–Crippen LogP) is 5.70. The number of fused-ring (bicyclic) bond motifs is 8. The molecule has 15 nitrogen and oxygen atoms in total. The molecular formula is C45H55ClN2O13. The Bertz CT molecular complexity index is 2090. The number of hydrogen-bond donors (Lipinski definition) is 3. The highest BCUT2D eigenvalue weighted by molar-refractivity contribution is 6.30. The van der Waals surface area contributed by atoms with Crippen molar-refractivity contribution in [1.29, 1.82) is 0 Å². The number of nitrogens with one attached hydrogen (secondary N) is 1. The largest absolute Gasteiger partial charge is 0.456 e. The van der Waals surface area contributed by atoms with Crippen LogP contribution in [-0.4, -0.2) is 106 Å². The number of esters is 3. The maximum Gasteiger partial charge on any atom is 0.408 e. The number of pyridine rings is 1. The van der Waals surface area contributed by atoms with Crippen LogP contribution in [0.25, 0.3) is 0 Å². The van der Waals surface area contributed by atoms with E-state index < -0.39 is 107 Å². The molecule has 61 heavy (non-hydrogen) atoms. The fourth-order valence-electron chi connectivity index (χ4n) is 10.4. The number of hydrogen-bond acceptors (Lipinski definition) is 14. The highest BCUT2D eigenvalue weighted by Crippen LogP contribution is 2.66. The second kappa shape index (κ2) is 16.1. The summed E-state index contributed by atoms with van der Waals surface area (Å²) in [4.78, 5) is 59.0. The van der Waals surface area contributed by atoms with Crippen LogP contribution in [0.1, 0.15) is 96.7 Å². The summed E-state index contributed by atoms with van der Waals surface area (Å²) in [5.41, 5.74) is -5.38. The van der Waals surface area contributed by atoms with Gasteiger partial charge in [-0.1, -0.05) is 57.2 Å². The Hall–Kier alpha value is -4.38. The highest BCUT2D eigenvalue weighted by atomic mass is 35.5. The molecule has 3 heterocycles. The maximum atomic E-state index is 14.4. The second-order valence-electron chi connectivity index (χ2n) is 18.5. The van der Waals surface area contributed by atoms with E-state index in [9.17, 15) is 29.4 Å². The summed E-state index contributed by atoms with van der Waals surface area (Å²) < 4.78 is 44.0. The molecule has 0 spiro atoms. The number of nitrogens with zero attached hydrogens (tertiary/aromatic N) is 1. The first-order chi connectivity index (χ1) is 28.6. The molecule has 5 aliphatic rings. The van der Waals surface area contributed by atoms with E-state index in [2.05, 4.69) is 16.9 Å². The summed E-state index contributed by atoms with van der Waals surface area (Å²) in [5, 5.41) is 28.3. The molecule has 16 heteroatoms. The zero-order valence-corrected chi connectivity index (χ0v) is 36.4. The van der Waals surface area contributed by atoms with Gasteiger partial charge in [-0.25, -0.2) is 14.4 Å². The Morgan fingerprint density at radius 2 is 1.77 bits per heavy atom. The van der Waals surface area contributed by atoms with E-state index in [1.807, 2.05) is 6.92 Å². The Morgan fingerprint density at radius 1 is 1.07 bits per heavy atom. The van der Waals surface area contributed by atoms with Crippen LogP contribution in [0.2, 0.25) is 5.02 Å². The van der Waals surface area contributed by atoms with Crippen molar-refractivity contribution in [2.45, 2.75) is 140 Å². The van der Waals surface area contributed by atoms with Crippen LogP contribution in [0, 0.1) is 16.7 Å². The molecule has 3 N–H and O–H groups in total. The van der Waals surface area contributed by atoms with Crippen LogP contribution >= 0.6 is 11.6 Å². The van der Waals surface area contributed by atoms with E-state index >= 15 is 0 Å². The summed E-state index contributed by atoms with van der Waals surface area (Å²) in [7, 11) is 0. The molecule has 2 saturated carbocycles. The predicted molar refractivity (Wildman–Crippen MR) is 218 cm³/mol. The molecule has 2 aliphatic heterocycles. The van der Waals surface area contributed by atoms with E-state index in [0.717, 1.165) is 0 Å². The molecule has 330 valence electrons. The van der Waals surface area contributed by atoms with Crippen LogP contribution in [0.3, 0.4) is 0 Å². The summed E-state index contributed by atoms with van der Waals surface area (Å²) in [6.07, 6.45) is -5.51. The van der Waals surface area contributed by atoms with Gasteiger partial charge < -0.3 is 48.7 Å². The van der Waals surface area contributed by atoms with Gasteiger partial charge in [-0.05, 0) is 82.0 Å². The number of carbonyl (C=O) groups excluding carboxylic acids is 4. The van der Waals surface area contributed by atoms with Gasteiger partial charge in [-0.2, -0.15) is 0 Å². The summed E-state index contributed by atoms with van der Waals surface area (Å²) >= 11 is 6.10. The molecule has 3 aliphatic carbocycles. The molecular weight excluding hydrogens is 812 g/mol. The number of benzene rings is 1. The molecule has 4 fully saturated rings. The second-order valence-corrected chi connectivity index (χ2v) is 19.0. The van der Waals surface area contributed by atoms with Crippen LogP contribution < -0.4 is 5.32 Å². The molecule has 0 unspecified atom stereocenters. The average molecular weight is 867 g/mol. The maximum absolute atomic E-state index is 14.4. The number of aromatic nitrogens is 1. The fourth-order valence-corrected chi connectivity index (χ4v) is 10.5. The van der Waals surface area contributed by atoms with Crippen LogP contribution in [0.5, 0.6) is 0 Å². The molecule has 2 saturated heterocycles. The minimum absolute atomic E-state index is 0.0480. The molecule has 12 atom stereocenters. The molecule has 1 amide bonds. The van der Waals surface area contributed by atoms with Crippen molar-refractivity contribution >= 4 is 35.6 Å². The third-order valence-corrected chi connectivity index (χ3v) is 13.5. The van der Waals surface area contributed by atoms with Crippen molar-refractivity contribution in [3.63, 3.8) is 0 Å². The van der Waals surface area contributed by atoms with Crippen molar-refractivity contribution < 1.29 is 62.5 Å². The molecule has 1 aromatic heterocycles. The smallest absolute Gasteiger partial charge is 0.408 e. The Kier molecular flexibility index (Phi) is 11.8. The molecule has 7 rings (SSSR count). The van der Waals surface area contributed by atoms with E-state index in [4.69, 9.17) is 44.8 Å². The highest BCUT2D eigenvalue weighted by Gasteiger charge is 2.77. The molecule has 2 bridgehead atoms. The summed E-state index contributed by atoms with van der Waals surface area (Å²) in [6, 6.07) is 9.78. The zero-order valence-electron chi connectivity index (χ0n) is 35.6. The van der Waals surface area contributed by atoms with Gasteiger partial charge in [0.1, 0.15) is 41.7 Å². The molecule has 2 aromatic rings. The summed E-state index contributed by atoms with van der Waals surface area (Å²) in [6.45, 7) is 17.5. The van der Waals surface area contributed by atoms with Crippen LogP contribution in [-0.2, 0) is 42.7 Å². The molecule has 1 aromatic carbocycles. The third-order valence-electron chi connectivity index (χ3n) is 13.3. The number of alkyl carbamates (subject to hydrolysis) is 1. The average Bonchev–Trinajstić information content (AvgIpc) is 3.61. The van der Waals surface area contributed by atoms with Crippen LogP contribution in [0.15, 0.2) is 72.5 Å². The number of rotatable bonds is 9. The van der Waals surface area contributed by atoms with Gasteiger partial charge in [0, 0.05) is 30.4 Å². The van der Waals surface area contributed by atoms with Gasteiger partial charge in [-0.3, -0.25) is 9.78 Å². The van der Waals surface area contributed by atoms with E-state index in [1.54, 1.807) is 71.9 Å². The minimum atomic E-state index is -2.09. The van der Waals surface area contributed by atoms with Crippen molar-refractivity contribution in [1.82, 2.24) is 10.3 Å². The Morgan fingerprint density at radius 3 is 2.36 bits per heavy atom. The zero-order chi connectivity index (χ0) is 44.4. The van der Waals surface area contributed by atoms with Crippen molar-refractivity contribution in [3.8, 4) is 0 Å². The number of amides is 1. The number of halogens is 1. The quantitative estimate of drug-likeness (QED) is 0.158. The van der Waals surface area contributed by atoms with Crippen molar-refractivity contribution in [3.05, 3.63) is 88.7 Å². The lowest BCUT2D eigenvalue weighted by Crippen LogP contribution is -2.79. The first-order valence-corrected chi connectivity index (χ1v) is 20.9. The normalized spacial score (nSPS) is 34.6. The lowest BCUT2D eigenvalue weighted by atomic mass is 9.45. The monoisotopic (exact) mass is 866 g/mol. The van der Waals surface area contributed by atoms with Crippen molar-refractivity contribution in [2.24, 2.45) is 16.7 Å². The Balaban J connectivity index is 1.37. The first-order valence-electron chi connectivity index (χ1n) is 20.5. The van der Waals surface area contributed by atoms with E-state index in [1.165, 1.54) is 31.3 Å². The van der Waals surface area contributed by atoms with Gasteiger partial charge in [0.2, 0.25) is 0 Å². The number of ether oxygens (including phenoxy) is 7. The number of aliphatic hydroxyl groups excluding tert-OH is 1.